The first-order valence-corrected chi connectivity index (χ1v) is 12.1. The molecular formula is C27H45N3O2. The summed E-state index contributed by atoms with van der Waals surface area (Å²) in [6.45, 7) is 13.2. The highest BCUT2D eigenvalue weighted by molar-refractivity contribution is 5.91. The van der Waals surface area contributed by atoms with Gasteiger partial charge in [0, 0.05) is 50.9 Å². The van der Waals surface area contributed by atoms with Gasteiger partial charge in [-0.1, -0.05) is 60.8 Å². The lowest BCUT2D eigenvalue weighted by atomic mass is 9.89. The Morgan fingerprint density at radius 2 is 1.53 bits per heavy atom. The van der Waals surface area contributed by atoms with E-state index < -0.39 is 0 Å². The molecule has 0 heterocycles. The van der Waals surface area contributed by atoms with Crippen LogP contribution in [0.4, 0.5) is 11.4 Å². The lowest BCUT2D eigenvalue weighted by Crippen LogP contribution is -2.42. The highest BCUT2D eigenvalue weighted by Gasteiger charge is 2.29. The van der Waals surface area contributed by atoms with Crippen molar-refractivity contribution >= 4 is 23.2 Å². The molecule has 0 atom stereocenters. The van der Waals surface area contributed by atoms with E-state index in [1.54, 1.807) is 0 Å². The van der Waals surface area contributed by atoms with Crippen LogP contribution in [0.2, 0.25) is 0 Å². The molecule has 1 saturated carbocycles. The Morgan fingerprint density at radius 1 is 0.938 bits per heavy atom. The van der Waals surface area contributed by atoms with Crippen molar-refractivity contribution in [1.82, 2.24) is 4.90 Å². The minimum atomic E-state index is -0.0619. The predicted octanol–water partition coefficient (Wildman–Crippen LogP) is 6.22. The summed E-state index contributed by atoms with van der Waals surface area (Å²) in [5.41, 5.74) is 2.86. The van der Waals surface area contributed by atoms with Gasteiger partial charge in [-0.05, 0) is 47.4 Å². The van der Waals surface area contributed by atoms with E-state index >= 15 is 0 Å². The standard InChI is InChI=1S/C27H45N3O2/c1-26(2,3)17-24(31)28-21-14-15-23(29(7)8)20(16-21)19-30(22-12-10-9-11-13-22)25(32)18-27(4,5)6/h14-16,22H,9-13,17-19H2,1-8H3,(H,28,31). The van der Waals surface area contributed by atoms with Gasteiger partial charge in [0.1, 0.15) is 0 Å². The molecule has 32 heavy (non-hydrogen) atoms. The van der Waals surface area contributed by atoms with Gasteiger partial charge in [0.15, 0.2) is 0 Å². The molecule has 1 aromatic rings. The number of rotatable bonds is 7. The van der Waals surface area contributed by atoms with Crippen LogP contribution < -0.4 is 10.2 Å². The number of amides is 2. The minimum Gasteiger partial charge on any atom is -0.377 e. The SMILES string of the molecule is CN(C)c1ccc(NC(=O)CC(C)(C)C)cc1CN(C(=O)CC(C)(C)C)C1CCCCC1. The molecule has 0 aromatic heterocycles. The van der Waals surface area contributed by atoms with Gasteiger partial charge in [0.25, 0.3) is 0 Å². The van der Waals surface area contributed by atoms with E-state index in [0.717, 1.165) is 29.8 Å². The summed E-state index contributed by atoms with van der Waals surface area (Å²) in [5.74, 6) is 0.255. The van der Waals surface area contributed by atoms with Crippen molar-refractivity contribution in [1.29, 1.82) is 0 Å². The molecule has 0 spiro atoms. The van der Waals surface area contributed by atoms with E-state index in [1.165, 1.54) is 19.3 Å². The Hall–Kier alpha value is -2.04. The van der Waals surface area contributed by atoms with Gasteiger partial charge in [-0.15, -0.1) is 0 Å². The maximum absolute atomic E-state index is 13.4. The van der Waals surface area contributed by atoms with Gasteiger partial charge >= 0.3 is 0 Å². The molecule has 1 aliphatic carbocycles. The Morgan fingerprint density at radius 3 is 2.06 bits per heavy atom. The van der Waals surface area contributed by atoms with Crippen LogP contribution >= 0.6 is 0 Å². The number of carbonyl (C=O) groups excluding carboxylic acids is 2. The number of hydrogen-bond acceptors (Lipinski definition) is 3. The predicted molar refractivity (Wildman–Crippen MR) is 135 cm³/mol. The van der Waals surface area contributed by atoms with Gasteiger partial charge in [0.05, 0.1) is 0 Å². The normalized spacial score (nSPS) is 15.4. The average molecular weight is 444 g/mol. The summed E-state index contributed by atoms with van der Waals surface area (Å²) in [4.78, 5) is 30.1. The van der Waals surface area contributed by atoms with Crippen molar-refractivity contribution in [2.24, 2.45) is 10.8 Å². The van der Waals surface area contributed by atoms with Gasteiger partial charge in [-0.2, -0.15) is 0 Å². The van der Waals surface area contributed by atoms with Gasteiger partial charge < -0.3 is 15.1 Å². The molecule has 1 N–H and O–H groups in total. The first-order valence-electron chi connectivity index (χ1n) is 12.1. The highest BCUT2D eigenvalue weighted by atomic mass is 16.2. The van der Waals surface area contributed by atoms with Gasteiger partial charge in [0.2, 0.25) is 11.8 Å². The van der Waals surface area contributed by atoms with Crippen LogP contribution in [0.3, 0.4) is 0 Å². The van der Waals surface area contributed by atoms with Gasteiger partial charge in [-0.3, -0.25) is 9.59 Å². The monoisotopic (exact) mass is 443 g/mol. The number of hydrogen-bond donors (Lipinski definition) is 1. The second kappa shape index (κ2) is 10.7. The maximum atomic E-state index is 13.4. The van der Waals surface area contributed by atoms with Crippen LogP contribution in [0, 0.1) is 10.8 Å². The van der Waals surface area contributed by atoms with Crippen LogP contribution in [0.5, 0.6) is 0 Å². The lowest BCUT2D eigenvalue weighted by molar-refractivity contribution is -0.137. The lowest BCUT2D eigenvalue weighted by Gasteiger charge is -2.37. The van der Waals surface area contributed by atoms with E-state index in [2.05, 4.69) is 68.8 Å². The summed E-state index contributed by atoms with van der Waals surface area (Å²) < 4.78 is 0. The molecule has 1 fully saturated rings. The van der Waals surface area contributed by atoms with Crippen molar-refractivity contribution in [3.8, 4) is 0 Å². The van der Waals surface area contributed by atoms with E-state index in [1.807, 2.05) is 20.2 Å². The van der Waals surface area contributed by atoms with Crippen LogP contribution in [0.1, 0.15) is 92.1 Å². The number of nitrogens with one attached hydrogen (secondary N) is 1. The molecule has 1 aliphatic rings. The summed E-state index contributed by atoms with van der Waals surface area (Å²) in [5, 5.41) is 3.06. The fourth-order valence-electron chi connectivity index (χ4n) is 4.47. The Kier molecular flexibility index (Phi) is 8.78. The van der Waals surface area contributed by atoms with E-state index in [9.17, 15) is 9.59 Å². The fourth-order valence-corrected chi connectivity index (χ4v) is 4.47. The van der Waals surface area contributed by atoms with Crippen molar-refractivity contribution < 1.29 is 9.59 Å². The molecule has 0 radical (unpaired) electrons. The molecule has 5 heteroatoms. The number of benzene rings is 1. The van der Waals surface area contributed by atoms with E-state index in [4.69, 9.17) is 0 Å². The molecule has 0 unspecified atom stereocenters. The summed E-state index contributed by atoms with van der Waals surface area (Å²) >= 11 is 0. The molecule has 2 amide bonds. The molecule has 5 nitrogen and oxygen atoms in total. The maximum Gasteiger partial charge on any atom is 0.224 e. The molecule has 1 aromatic carbocycles. The molecule has 2 rings (SSSR count). The van der Waals surface area contributed by atoms with Crippen LogP contribution in [-0.2, 0) is 16.1 Å². The van der Waals surface area contributed by atoms with Crippen LogP contribution in [0.25, 0.3) is 0 Å². The Labute approximate surface area is 195 Å². The highest BCUT2D eigenvalue weighted by Crippen LogP contribution is 2.31. The average Bonchev–Trinajstić information content (AvgIpc) is 2.63. The molecule has 0 saturated heterocycles. The van der Waals surface area contributed by atoms with Gasteiger partial charge in [-0.25, -0.2) is 0 Å². The molecule has 0 aliphatic heterocycles. The third-order valence-corrected chi connectivity index (χ3v) is 5.89. The summed E-state index contributed by atoms with van der Waals surface area (Å²) in [7, 11) is 4.05. The first kappa shape index (κ1) is 26.2. The Balaban J connectivity index is 2.32. The zero-order valence-corrected chi connectivity index (χ0v) is 21.7. The third-order valence-electron chi connectivity index (χ3n) is 5.89. The fraction of sp³-hybridized carbons (Fsp3) is 0.704. The summed E-state index contributed by atoms with van der Waals surface area (Å²) in [6, 6.07) is 6.36. The van der Waals surface area contributed by atoms with Crippen LogP contribution in [-0.4, -0.2) is 36.9 Å². The van der Waals surface area contributed by atoms with Crippen molar-refractivity contribution in [3.63, 3.8) is 0 Å². The molecular weight excluding hydrogens is 398 g/mol. The number of carbonyl (C=O) groups is 2. The zero-order chi connectivity index (χ0) is 24.1. The minimum absolute atomic E-state index is 0.0222. The topological polar surface area (TPSA) is 52.7 Å². The van der Waals surface area contributed by atoms with Crippen molar-refractivity contribution in [2.45, 2.75) is 99.1 Å². The largest absolute Gasteiger partial charge is 0.377 e. The Bertz CT molecular complexity index is 781. The zero-order valence-electron chi connectivity index (χ0n) is 21.7. The van der Waals surface area contributed by atoms with Crippen molar-refractivity contribution in [3.05, 3.63) is 23.8 Å². The quantitative estimate of drug-likeness (QED) is 0.544. The molecule has 180 valence electrons. The first-order chi connectivity index (χ1) is 14.7. The number of anilines is 2. The second-order valence-electron chi connectivity index (χ2n) is 12.1. The second-order valence-corrected chi connectivity index (χ2v) is 12.1. The smallest absolute Gasteiger partial charge is 0.224 e. The third kappa shape index (κ3) is 8.48. The molecule has 0 bridgehead atoms. The van der Waals surface area contributed by atoms with Crippen LogP contribution in [0.15, 0.2) is 18.2 Å². The van der Waals surface area contributed by atoms with E-state index in [0.29, 0.717) is 25.4 Å². The van der Waals surface area contributed by atoms with Crippen molar-refractivity contribution in [2.75, 3.05) is 24.3 Å². The summed E-state index contributed by atoms with van der Waals surface area (Å²) in [6.07, 6.45) is 6.81. The number of nitrogens with zero attached hydrogens (tertiary/aromatic N) is 2. The van der Waals surface area contributed by atoms with E-state index in [-0.39, 0.29) is 22.6 Å².